The van der Waals surface area contributed by atoms with Crippen LogP contribution in [0.2, 0.25) is 0 Å². The van der Waals surface area contributed by atoms with Crippen LogP contribution in [0.5, 0.6) is 5.75 Å². The fourth-order valence-electron chi connectivity index (χ4n) is 2.89. The van der Waals surface area contributed by atoms with Crippen molar-refractivity contribution < 1.29 is 14.8 Å². The number of hydrogen-bond acceptors (Lipinski definition) is 4. The topological polar surface area (TPSA) is 52.9 Å². The molecule has 2 N–H and O–H groups in total. The van der Waals surface area contributed by atoms with Gasteiger partial charge in [-0.1, -0.05) is 19.9 Å². The zero-order valence-corrected chi connectivity index (χ0v) is 12.5. The van der Waals surface area contributed by atoms with Crippen LogP contribution in [0.15, 0.2) is 18.2 Å². The van der Waals surface area contributed by atoms with Crippen molar-refractivity contribution in [3.05, 3.63) is 23.8 Å². The maximum absolute atomic E-state index is 9.48. The van der Waals surface area contributed by atoms with Crippen molar-refractivity contribution in [2.24, 2.45) is 11.8 Å². The molecule has 1 heterocycles. The predicted octanol–water partition coefficient (Wildman–Crippen LogP) is 0.853. The normalized spacial score (nSPS) is 19.6. The summed E-state index contributed by atoms with van der Waals surface area (Å²) in [6, 6.07) is 5.39. The van der Waals surface area contributed by atoms with Crippen LogP contribution in [0, 0.1) is 11.8 Å². The molecule has 1 aliphatic rings. The van der Waals surface area contributed by atoms with Crippen LogP contribution in [0.3, 0.4) is 0 Å². The quantitative estimate of drug-likeness (QED) is 0.784. The molecular formula is C15H24BNO3. The van der Waals surface area contributed by atoms with Gasteiger partial charge in [0.15, 0.2) is 0 Å². The first-order valence-corrected chi connectivity index (χ1v) is 7.26. The van der Waals surface area contributed by atoms with Gasteiger partial charge in [-0.25, -0.2) is 0 Å². The van der Waals surface area contributed by atoms with E-state index < -0.39 is 7.12 Å². The highest BCUT2D eigenvalue weighted by molar-refractivity contribution is 6.59. The Labute approximate surface area is 121 Å². The number of likely N-dealkylation sites (tertiary alicyclic amines) is 1. The fourth-order valence-corrected chi connectivity index (χ4v) is 2.89. The highest BCUT2D eigenvalue weighted by Gasteiger charge is 2.26. The molecule has 2 rings (SSSR count). The Morgan fingerprint density at radius 1 is 1.40 bits per heavy atom. The summed E-state index contributed by atoms with van der Waals surface area (Å²) in [6.45, 7) is 7.43. The summed E-state index contributed by atoms with van der Waals surface area (Å²) in [5, 5.41) is 19.0. The Kier molecular flexibility index (Phi) is 5.08. The van der Waals surface area contributed by atoms with Gasteiger partial charge in [-0.2, -0.15) is 0 Å². The van der Waals surface area contributed by atoms with Crippen LogP contribution in [-0.4, -0.2) is 42.3 Å². The van der Waals surface area contributed by atoms with E-state index in [1.165, 1.54) is 6.42 Å². The first-order valence-electron chi connectivity index (χ1n) is 7.26. The lowest BCUT2D eigenvalue weighted by molar-refractivity contribution is 0.296. The molecule has 0 aliphatic carbocycles. The van der Waals surface area contributed by atoms with Crippen molar-refractivity contribution in [2.75, 3.05) is 20.2 Å². The van der Waals surface area contributed by atoms with Gasteiger partial charge in [0.05, 0.1) is 7.11 Å². The second-order valence-corrected chi connectivity index (χ2v) is 5.97. The molecule has 1 saturated heterocycles. The zero-order chi connectivity index (χ0) is 14.7. The number of hydrogen-bond donors (Lipinski definition) is 2. The Morgan fingerprint density at radius 3 is 2.70 bits per heavy atom. The molecule has 4 nitrogen and oxygen atoms in total. The average molecular weight is 277 g/mol. The third-order valence-corrected chi connectivity index (χ3v) is 4.27. The molecule has 110 valence electrons. The van der Waals surface area contributed by atoms with Gasteiger partial charge in [0.1, 0.15) is 5.75 Å². The summed E-state index contributed by atoms with van der Waals surface area (Å²) in [5.41, 5.74) is 1.50. The molecule has 20 heavy (non-hydrogen) atoms. The van der Waals surface area contributed by atoms with E-state index in [-0.39, 0.29) is 0 Å². The molecule has 0 bridgehead atoms. The SMILES string of the molecule is COc1ccc(B(O)O)c(CN2CCC(C(C)C)C2)c1. The Bertz CT molecular complexity index is 451. The van der Waals surface area contributed by atoms with Crippen molar-refractivity contribution in [3.8, 4) is 5.75 Å². The molecule has 0 radical (unpaired) electrons. The maximum atomic E-state index is 9.48. The van der Waals surface area contributed by atoms with E-state index in [0.717, 1.165) is 36.9 Å². The van der Waals surface area contributed by atoms with Crippen molar-refractivity contribution in [2.45, 2.75) is 26.8 Å². The molecule has 1 aliphatic heterocycles. The molecular weight excluding hydrogens is 253 g/mol. The average Bonchev–Trinajstić information content (AvgIpc) is 2.87. The molecule has 0 spiro atoms. The zero-order valence-electron chi connectivity index (χ0n) is 12.5. The molecule has 1 atom stereocenters. The largest absolute Gasteiger partial charge is 0.497 e. The summed E-state index contributed by atoms with van der Waals surface area (Å²) in [7, 11) is 0.193. The van der Waals surface area contributed by atoms with E-state index >= 15 is 0 Å². The Balaban J connectivity index is 2.12. The van der Waals surface area contributed by atoms with E-state index in [2.05, 4.69) is 18.7 Å². The third kappa shape index (κ3) is 3.54. The summed E-state index contributed by atoms with van der Waals surface area (Å²) in [4.78, 5) is 2.38. The van der Waals surface area contributed by atoms with Crippen LogP contribution in [0.1, 0.15) is 25.8 Å². The van der Waals surface area contributed by atoms with E-state index in [1.54, 1.807) is 19.2 Å². The van der Waals surface area contributed by atoms with Gasteiger partial charge < -0.3 is 14.8 Å². The van der Waals surface area contributed by atoms with Gasteiger partial charge in [-0.3, -0.25) is 4.90 Å². The maximum Gasteiger partial charge on any atom is 0.488 e. The van der Waals surface area contributed by atoms with Crippen molar-refractivity contribution in [1.82, 2.24) is 4.90 Å². The van der Waals surface area contributed by atoms with Gasteiger partial charge in [0, 0.05) is 13.1 Å². The lowest BCUT2D eigenvalue weighted by Gasteiger charge is -2.20. The van der Waals surface area contributed by atoms with E-state index in [1.807, 2.05) is 6.07 Å². The second-order valence-electron chi connectivity index (χ2n) is 5.97. The standard InChI is InChI=1S/C15H24BNO3/c1-11(2)12-6-7-17(9-12)10-13-8-14(20-3)4-5-15(13)16(18)19/h4-5,8,11-12,18-19H,6-7,9-10H2,1-3H3. The molecule has 1 fully saturated rings. The van der Waals surface area contributed by atoms with Crippen LogP contribution >= 0.6 is 0 Å². The minimum absolute atomic E-state index is 0.568. The minimum Gasteiger partial charge on any atom is -0.497 e. The van der Waals surface area contributed by atoms with Crippen LogP contribution in [0.4, 0.5) is 0 Å². The molecule has 5 heteroatoms. The van der Waals surface area contributed by atoms with E-state index in [9.17, 15) is 10.0 Å². The monoisotopic (exact) mass is 277 g/mol. The van der Waals surface area contributed by atoms with Gasteiger partial charge in [0.2, 0.25) is 0 Å². The van der Waals surface area contributed by atoms with Crippen LogP contribution < -0.4 is 10.2 Å². The lowest BCUT2D eigenvalue weighted by Crippen LogP contribution is -2.35. The Hall–Kier alpha value is -1.04. The first kappa shape index (κ1) is 15.4. The highest BCUT2D eigenvalue weighted by Crippen LogP contribution is 2.25. The van der Waals surface area contributed by atoms with Gasteiger partial charge >= 0.3 is 7.12 Å². The van der Waals surface area contributed by atoms with Crippen molar-refractivity contribution >= 4 is 12.6 Å². The molecule has 0 aromatic heterocycles. The molecule has 0 amide bonds. The summed E-state index contributed by atoms with van der Waals surface area (Å²) >= 11 is 0. The van der Waals surface area contributed by atoms with Gasteiger partial charge in [-0.05, 0) is 48.0 Å². The number of benzene rings is 1. The smallest absolute Gasteiger partial charge is 0.488 e. The van der Waals surface area contributed by atoms with Crippen molar-refractivity contribution in [1.29, 1.82) is 0 Å². The third-order valence-electron chi connectivity index (χ3n) is 4.27. The molecule has 1 unspecified atom stereocenters. The van der Waals surface area contributed by atoms with Crippen LogP contribution in [0.25, 0.3) is 0 Å². The predicted molar refractivity (Wildman–Crippen MR) is 81.0 cm³/mol. The summed E-state index contributed by atoms with van der Waals surface area (Å²) < 4.78 is 5.23. The number of methoxy groups -OCH3 is 1. The van der Waals surface area contributed by atoms with Crippen LogP contribution in [-0.2, 0) is 6.54 Å². The fraction of sp³-hybridized carbons (Fsp3) is 0.600. The molecule has 1 aromatic rings. The second kappa shape index (κ2) is 6.61. The van der Waals surface area contributed by atoms with E-state index in [0.29, 0.717) is 11.4 Å². The molecule has 1 aromatic carbocycles. The lowest BCUT2D eigenvalue weighted by atomic mass is 9.77. The van der Waals surface area contributed by atoms with Gasteiger partial charge in [0.25, 0.3) is 0 Å². The van der Waals surface area contributed by atoms with Crippen molar-refractivity contribution in [3.63, 3.8) is 0 Å². The number of rotatable bonds is 5. The summed E-state index contributed by atoms with van der Waals surface area (Å²) in [5.74, 6) is 2.19. The Morgan fingerprint density at radius 2 is 2.15 bits per heavy atom. The molecule has 0 saturated carbocycles. The highest BCUT2D eigenvalue weighted by atomic mass is 16.5. The first-order chi connectivity index (χ1) is 9.51. The number of ether oxygens (including phenoxy) is 1. The number of nitrogens with zero attached hydrogens (tertiary/aromatic N) is 1. The van der Waals surface area contributed by atoms with Gasteiger partial charge in [-0.15, -0.1) is 0 Å². The minimum atomic E-state index is -1.43. The summed E-state index contributed by atoms with van der Waals surface area (Å²) in [6.07, 6.45) is 1.22. The van der Waals surface area contributed by atoms with E-state index in [4.69, 9.17) is 4.74 Å².